The number of benzene rings is 4. The summed E-state index contributed by atoms with van der Waals surface area (Å²) in [4.78, 5) is 74.2. The Morgan fingerprint density at radius 3 is 1.49 bits per heavy atom. The fourth-order valence-electron chi connectivity index (χ4n) is 4.91. The van der Waals surface area contributed by atoms with Gasteiger partial charge in [-0.3, -0.25) is 28.8 Å². The second kappa shape index (κ2) is 34.5. The standard InChI is InChI=1S/C22H26N4O4.C13H17NO3.C8H8O.C2H7NO.C2H4O2.ClH.F6P/c1-4-21(28)19(24-15(3)27)12-17-8-11-22(29)20(13-17)26-25-18-9-6-16(7-10-18)14-23-30-5-2;1-3-13(17)12(14-9(2)15)8-10-4-6-11(16)7-5-10;1-7-2-4-8(6-9)5-3-7;1-2-4-3;1-2(3)4;;1-7(2,3,4,5)6/h6-11,13-14,19,29H,4-5,12H2,1-3H3,(H,24,27);4-7,12,16H,3,8H2,1-2H3,(H,14,15);2-6H,1H3;2-3H2,1H3;1H3,(H,3,4);1H;/q;;;;;;-1/b23-14-,26-25?;;;;;;/t19-;12-;;;;;/m00...../s1. The number of nitrogens with zero attached hydrogens (tertiary/aromatic N) is 3. The zero-order valence-corrected chi connectivity index (χ0v) is 42.6. The molecule has 2 amide bonds. The van der Waals surface area contributed by atoms with Gasteiger partial charge in [0.15, 0.2) is 11.6 Å². The first kappa shape index (κ1) is 69.5. The van der Waals surface area contributed by atoms with Gasteiger partial charge in [0.1, 0.15) is 30.1 Å². The van der Waals surface area contributed by atoms with Crippen molar-refractivity contribution in [3.8, 4) is 11.5 Å². The van der Waals surface area contributed by atoms with Crippen molar-refractivity contribution in [3.05, 3.63) is 119 Å². The van der Waals surface area contributed by atoms with Crippen LogP contribution in [0.15, 0.2) is 106 Å². The molecule has 0 unspecified atom stereocenters. The number of carboxylic acids is 1. The Morgan fingerprint density at radius 1 is 0.681 bits per heavy atom. The average molecular weight is 1070 g/mol. The van der Waals surface area contributed by atoms with E-state index in [1.165, 1.54) is 25.5 Å². The van der Waals surface area contributed by atoms with Crippen LogP contribution in [-0.2, 0) is 46.5 Å². The number of nitrogens with two attached hydrogens (primary N) is 1. The number of aliphatic carboxylic acids is 1. The molecule has 0 aliphatic rings. The molecule has 72 heavy (non-hydrogen) atoms. The van der Waals surface area contributed by atoms with Crippen molar-refractivity contribution in [3.63, 3.8) is 0 Å². The van der Waals surface area contributed by atoms with Gasteiger partial charge in [-0.05, 0) is 86.7 Å². The number of ketones is 2. The molecule has 402 valence electrons. The van der Waals surface area contributed by atoms with E-state index < -0.39 is 25.9 Å². The van der Waals surface area contributed by atoms with Crippen LogP contribution >= 0.6 is 20.2 Å². The van der Waals surface area contributed by atoms with E-state index in [1.54, 1.807) is 68.6 Å². The maximum absolute atomic E-state index is 12.1. The number of carbonyl (C=O) groups is 6. The zero-order chi connectivity index (χ0) is 54.9. The number of carbonyl (C=O) groups excluding carboxylic acids is 5. The number of carboxylic acid groups (broad SMARTS) is 1. The molecule has 0 fully saturated rings. The van der Waals surface area contributed by atoms with E-state index in [1.807, 2.05) is 57.2 Å². The van der Waals surface area contributed by atoms with E-state index in [4.69, 9.17) is 19.8 Å². The molecular weight excluding hydrogens is 1000 g/mol. The summed E-state index contributed by atoms with van der Waals surface area (Å²) < 4.78 is 59.2. The Morgan fingerprint density at radius 2 is 1.10 bits per heavy atom. The van der Waals surface area contributed by atoms with Gasteiger partial charge in [0.05, 0.1) is 30.6 Å². The summed E-state index contributed by atoms with van der Waals surface area (Å²) in [5.41, 5.74) is 5.32. The number of hydrogen-bond acceptors (Lipinski definition) is 14. The predicted octanol–water partition coefficient (Wildman–Crippen LogP) is 11.2. The summed E-state index contributed by atoms with van der Waals surface area (Å²) in [7, 11) is -10.7. The fourth-order valence-corrected chi connectivity index (χ4v) is 4.91. The quantitative estimate of drug-likeness (QED) is 0.0144. The van der Waals surface area contributed by atoms with Crippen molar-refractivity contribution in [1.29, 1.82) is 0 Å². The third-order valence-corrected chi connectivity index (χ3v) is 8.04. The van der Waals surface area contributed by atoms with Gasteiger partial charge in [-0.25, -0.2) is 5.90 Å². The number of rotatable bonds is 17. The summed E-state index contributed by atoms with van der Waals surface area (Å²) in [6, 6.07) is 25.0. The number of Topliss-reactive ketones (excluding diaryl/α,β-unsaturated/α-hetero) is 2. The fraction of sp³-hybridized carbons (Fsp3) is 0.340. The van der Waals surface area contributed by atoms with Crippen LogP contribution in [0.2, 0.25) is 0 Å². The number of phenols is 2. The molecule has 4 aromatic rings. The zero-order valence-electron chi connectivity index (χ0n) is 40.9. The molecule has 25 heteroatoms. The summed E-state index contributed by atoms with van der Waals surface area (Å²) in [5, 5.41) is 44.0. The van der Waals surface area contributed by atoms with Crippen molar-refractivity contribution < 1.29 is 78.9 Å². The van der Waals surface area contributed by atoms with Gasteiger partial charge in [-0.2, -0.15) is 5.11 Å². The SMILES string of the molecule is CC(=O)O.CCC(=O)[C@H](Cc1ccc(O)cc1)NC(C)=O.CCO/N=C\c1ccc(N=Nc2cc(C[C@H](NC(C)=O)C(=O)CC)ccc2O)cc1.CCON.Cc1ccc(C=O)cc1.Cl.F[P-](F)(F)(F)(F)F. The second-order valence-electron chi connectivity index (χ2n) is 14.4. The van der Waals surface area contributed by atoms with Crippen LogP contribution in [0.3, 0.4) is 0 Å². The molecule has 4 aromatic carbocycles. The number of oxime groups is 1. The summed E-state index contributed by atoms with van der Waals surface area (Å²) in [6.07, 6.45) is 3.92. The van der Waals surface area contributed by atoms with Crippen LogP contribution < -0.4 is 16.5 Å². The third kappa shape index (κ3) is 41.0. The molecule has 0 saturated carbocycles. The first-order valence-electron chi connectivity index (χ1n) is 21.3. The third-order valence-electron chi connectivity index (χ3n) is 8.04. The molecule has 7 N–H and O–H groups in total. The molecule has 0 bridgehead atoms. The van der Waals surface area contributed by atoms with E-state index in [0.29, 0.717) is 44.6 Å². The van der Waals surface area contributed by atoms with Gasteiger partial charge in [-0.1, -0.05) is 79.2 Å². The first-order valence-corrected chi connectivity index (χ1v) is 23.4. The molecule has 4 rings (SSSR count). The number of aromatic hydroxyl groups is 2. The Kier molecular flexibility index (Phi) is 33.3. The van der Waals surface area contributed by atoms with Crippen LogP contribution in [0.4, 0.5) is 36.6 Å². The molecule has 0 aromatic heterocycles. The number of nitrogens with one attached hydrogen (secondary N) is 2. The van der Waals surface area contributed by atoms with Crippen LogP contribution in [0.1, 0.15) is 93.9 Å². The Balaban J connectivity index is -0.000000946. The minimum absolute atomic E-state index is 0. The Bertz CT molecular complexity index is 2310. The number of amides is 2. The van der Waals surface area contributed by atoms with Gasteiger partial charge in [-0.15, -0.1) is 17.5 Å². The number of hydrogen-bond donors (Lipinski definition) is 6. The van der Waals surface area contributed by atoms with Gasteiger partial charge in [0.2, 0.25) is 11.8 Å². The number of phenolic OH excluding ortho intramolecular Hbond substituents is 2. The van der Waals surface area contributed by atoms with Crippen LogP contribution in [0, 0.1) is 6.92 Å². The maximum atomic E-state index is 12.1. The molecule has 17 nitrogen and oxygen atoms in total. The Hall–Kier alpha value is -6.81. The van der Waals surface area contributed by atoms with Crippen molar-refractivity contribution >= 4 is 73.4 Å². The molecule has 0 saturated heterocycles. The van der Waals surface area contributed by atoms with Gasteiger partial charge in [0, 0.05) is 39.2 Å². The minimum atomic E-state index is -10.7. The number of azo groups is 1. The molecule has 0 spiro atoms. The van der Waals surface area contributed by atoms with Crippen LogP contribution in [0.25, 0.3) is 0 Å². The Labute approximate surface area is 419 Å². The predicted molar refractivity (Wildman–Crippen MR) is 266 cm³/mol. The van der Waals surface area contributed by atoms with E-state index in [0.717, 1.165) is 35.5 Å². The first-order chi connectivity index (χ1) is 32.9. The normalized spacial score (nSPS) is 12.0. The molecule has 2 atom stereocenters. The topological polar surface area (TPSA) is 269 Å². The molecule has 0 radical (unpaired) electrons. The van der Waals surface area contributed by atoms with Crippen molar-refractivity contribution in [2.45, 2.75) is 93.2 Å². The molecular formula is C47H63ClF6N6O11P-. The number of halogens is 7. The van der Waals surface area contributed by atoms with E-state index in [2.05, 4.69) is 36.8 Å². The van der Waals surface area contributed by atoms with Crippen molar-refractivity contribution in [2.24, 2.45) is 21.3 Å². The van der Waals surface area contributed by atoms with E-state index in [-0.39, 0.29) is 53.0 Å². The van der Waals surface area contributed by atoms with Crippen LogP contribution in [0.5, 0.6) is 11.5 Å². The van der Waals surface area contributed by atoms with Gasteiger partial charge >= 0.3 is 33.0 Å². The van der Waals surface area contributed by atoms with Crippen LogP contribution in [-0.4, -0.2) is 82.5 Å². The molecule has 0 aliphatic carbocycles. The average Bonchev–Trinajstić information content (AvgIpc) is 3.28. The number of aldehydes is 1. The summed E-state index contributed by atoms with van der Waals surface area (Å²) in [6.45, 7) is 14.2. The van der Waals surface area contributed by atoms with Crippen molar-refractivity contribution in [1.82, 2.24) is 10.6 Å². The van der Waals surface area contributed by atoms with Gasteiger partial charge in [0.25, 0.3) is 5.97 Å². The molecule has 0 aliphatic heterocycles. The second-order valence-corrected chi connectivity index (χ2v) is 16.4. The van der Waals surface area contributed by atoms with Gasteiger partial charge < -0.3 is 35.6 Å². The van der Waals surface area contributed by atoms with E-state index >= 15 is 0 Å². The molecule has 0 heterocycles. The monoisotopic (exact) mass is 1070 g/mol. The summed E-state index contributed by atoms with van der Waals surface area (Å²) in [5.74, 6) is 3.32. The summed E-state index contributed by atoms with van der Waals surface area (Å²) >= 11 is 0. The van der Waals surface area contributed by atoms with E-state index in [9.17, 15) is 54.3 Å². The van der Waals surface area contributed by atoms with Crippen molar-refractivity contribution in [2.75, 3.05) is 13.2 Å². The number of aryl methyl sites for hydroxylation is 1.